The Hall–Kier alpha value is -1.16. The summed E-state index contributed by atoms with van der Waals surface area (Å²) >= 11 is 0. The van der Waals surface area contributed by atoms with E-state index in [0.29, 0.717) is 17.5 Å². The van der Waals surface area contributed by atoms with E-state index in [1.54, 1.807) is 19.2 Å². The van der Waals surface area contributed by atoms with Crippen LogP contribution < -0.4 is 4.74 Å². The van der Waals surface area contributed by atoms with Crippen molar-refractivity contribution < 1.29 is 9.84 Å². The van der Waals surface area contributed by atoms with Gasteiger partial charge in [-0.1, -0.05) is 26.7 Å². The lowest BCUT2D eigenvalue weighted by molar-refractivity contribution is 0.135. The molecule has 0 radical (unpaired) electrons. The smallest absolute Gasteiger partial charge is 0.233 e. The molecular formula is C12H20N2O2. The van der Waals surface area contributed by atoms with E-state index in [1.165, 1.54) is 0 Å². The van der Waals surface area contributed by atoms with Crippen molar-refractivity contribution in [3.8, 4) is 5.88 Å². The van der Waals surface area contributed by atoms with Crippen LogP contribution in [0.3, 0.4) is 0 Å². The summed E-state index contributed by atoms with van der Waals surface area (Å²) in [5, 5.41) is 17.8. The molecule has 0 aromatic carbocycles. The molecule has 1 aromatic rings. The lowest BCUT2D eigenvalue weighted by atomic mass is 9.95. The maximum Gasteiger partial charge on any atom is 0.233 e. The number of aliphatic hydroxyl groups is 1. The molecule has 0 aliphatic heterocycles. The van der Waals surface area contributed by atoms with Gasteiger partial charge in [0.15, 0.2) is 0 Å². The van der Waals surface area contributed by atoms with Crippen LogP contribution in [0.1, 0.15) is 44.9 Å². The number of ether oxygens (including phenoxy) is 1. The summed E-state index contributed by atoms with van der Waals surface area (Å²) in [5.74, 6) is 1.01. The minimum absolute atomic E-state index is 0.471. The number of methoxy groups -OCH3 is 1. The van der Waals surface area contributed by atoms with Gasteiger partial charge < -0.3 is 9.84 Å². The maximum absolute atomic E-state index is 9.97. The fraction of sp³-hybridized carbons (Fsp3) is 0.667. The van der Waals surface area contributed by atoms with Crippen molar-refractivity contribution in [3.63, 3.8) is 0 Å². The fourth-order valence-corrected chi connectivity index (χ4v) is 1.68. The molecule has 1 atom stereocenters. The normalized spacial score (nSPS) is 12.8. The summed E-state index contributed by atoms with van der Waals surface area (Å²) < 4.78 is 4.92. The average Bonchev–Trinajstić information content (AvgIpc) is 2.35. The van der Waals surface area contributed by atoms with E-state index in [0.717, 1.165) is 19.3 Å². The zero-order valence-electron chi connectivity index (χ0n) is 10.2. The Labute approximate surface area is 96.7 Å². The van der Waals surface area contributed by atoms with Crippen LogP contribution in [0.2, 0.25) is 0 Å². The van der Waals surface area contributed by atoms with Gasteiger partial charge in [0.1, 0.15) is 0 Å². The summed E-state index contributed by atoms with van der Waals surface area (Å²) in [7, 11) is 1.55. The largest absolute Gasteiger partial charge is 0.480 e. The zero-order chi connectivity index (χ0) is 12.0. The molecule has 4 heteroatoms. The van der Waals surface area contributed by atoms with Crippen molar-refractivity contribution in [2.75, 3.05) is 7.11 Å². The van der Waals surface area contributed by atoms with Gasteiger partial charge in [-0.2, -0.15) is 0 Å². The highest BCUT2D eigenvalue weighted by Crippen LogP contribution is 2.23. The third kappa shape index (κ3) is 3.45. The van der Waals surface area contributed by atoms with Crippen molar-refractivity contribution in [1.29, 1.82) is 0 Å². The van der Waals surface area contributed by atoms with Gasteiger partial charge in [-0.3, -0.25) is 0 Å². The first-order chi connectivity index (χ1) is 7.71. The minimum Gasteiger partial charge on any atom is -0.480 e. The van der Waals surface area contributed by atoms with Crippen molar-refractivity contribution in [2.45, 2.75) is 39.2 Å². The van der Waals surface area contributed by atoms with E-state index in [-0.39, 0.29) is 0 Å². The van der Waals surface area contributed by atoms with Crippen molar-refractivity contribution in [2.24, 2.45) is 5.92 Å². The van der Waals surface area contributed by atoms with Crippen LogP contribution >= 0.6 is 0 Å². The van der Waals surface area contributed by atoms with Crippen LogP contribution in [-0.4, -0.2) is 22.4 Å². The van der Waals surface area contributed by atoms with E-state index in [9.17, 15) is 5.11 Å². The molecular weight excluding hydrogens is 204 g/mol. The molecule has 0 aliphatic carbocycles. The van der Waals surface area contributed by atoms with Crippen LogP contribution in [0.15, 0.2) is 12.1 Å². The second kappa shape index (κ2) is 6.43. The minimum atomic E-state index is -0.525. The molecule has 1 rings (SSSR count). The first-order valence-electron chi connectivity index (χ1n) is 5.76. The zero-order valence-corrected chi connectivity index (χ0v) is 10.2. The van der Waals surface area contributed by atoms with Gasteiger partial charge in [-0.15, -0.1) is 10.2 Å². The molecule has 0 aliphatic rings. The summed E-state index contributed by atoms with van der Waals surface area (Å²) in [6.07, 6.45) is 2.38. The van der Waals surface area contributed by atoms with Gasteiger partial charge in [0.05, 0.1) is 18.9 Å². The predicted octanol–water partition coefficient (Wildman–Crippen LogP) is 2.34. The summed E-state index contributed by atoms with van der Waals surface area (Å²) in [6.45, 7) is 4.28. The first kappa shape index (κ1) is 12.9. The van der Waals surface area contributed by atoms with Crippen LogP contribution in [0.25, 0.3) is 0 Å². The number of nitrogens with zero attached hydrogens (tertiary/aromatic N) is 2. The lowest BCUT2D eigenvalue weighted by Gasteiger charge is -2.16. The van der Waals surface area contributed by atoms with Gasteiger partial charge >= 0.3 is 0 Å². The average molecular weight is 224 g/mol. The molecule has 0 bridgehead atoms. The Bertz CT molecular complexity index is 296. The highest BCUT2D eigenvalue weighted by molar-refractivity contribution is 5.12. The number of hydrogen-bond acceptors (Lipinski definition) is 4. The molecule has 4 nitrogen and oxygen atoms in total. The van der Waals surface area contributed by atoms with Crippen LogP contribution in [0.4, 0.5) is 0 Å². The third-order valence-corrected chi connectivity index (χ3v) is 2.92. The molecule has 1 unspecified atom stereocenters. The van der Waals surface area contributed by atoms with Gasteiger partial charge in [0.2, 0.25) is 5.88 Å². The summed E-state index contributed by atoms with van der Waals surface area (Å²) in [6, 6.07) is 3.48. The molecule has 1 N–H and O–H groups in total. The Morgan fingerprint density at radius 2 is 1.94 bits per heavy atom. The second-order valence-corrected chi connectivity index (χ2v) is 3.93. The quantitative estimate of drug-likeness (QED) is 0.805. The molecule has 1 heterocycles. The summed E-state index contributed by atoms with van der Waals surface area (Å²) in [5.41, 5.74) is 0.618. The van der Waals surface area contributed by atoms with Crippen LogP contribution in [-0.2, 0) is 0 Å². The molecule has 90 valence electrons. The predicted molar refractivity (Wildman–Crippen MR) is 62.2 cm³/mol. The second-order valence-electron chi connectivity index (χ2n) is 3.93. The third-order valence-electron chi connectivity index (χ3n) is 2.92. The van der Waals surface area contributed by atoms with E-state index in [4.69, 9.17) is 4.74 Å². The fourth-order valence-electron chi connectivity index (χ4n) is 1.68. The van der Waals surface area contributed by atoms with E-state index in [1.807, 2.05) is 0 Å². The highest BCUT2D eigenvalue weighted by Gasteiger charge is 2.15. The van der Waals surface area contributed by atoms with Crippen LogP contribution in [0, 0.1) is 5.92 Å². The molecule has 1 aromatic heterocycles. The van der Waals surface area contributed by atoms with Crippen molar-refractivity contribution in [1.82, 2.24) is 10.2 Å². The number of rotatable bonds is 6. The van der Waals surface area contributed by atoms with Gasteiger partial charge in [0, 0.05) is 6.07 Å². The number of aliphatic hydroxyl groups excluding tert-OH is 1. The molecule has 0 fully saturated rings. The van der Waals surface area contributed by atoms with E-state index < -0.39 is 6.10 Å². The Kier molecular flexibility index (Phi) is 5.19. The molecule has 16 heavy (non-hydrogen) atoms. The lowest BCUT2D eigenvalue weighted by Crippen LogP contribution is -2.08. The summed E-state index contributed by atoms with van der Waals surface area (Å²) in [4.78, 5) is 0. The standard InChI is InChI=1S/C12H20N2O2/c1-4-9(5-2)8-11(15)10-6-7-12(16-3)14-13-10/h6-7,9,11,15H,4-5,8H2,1-3H3. The van der Waals surface area contributed by atoms with Crippen molar-refractivity contribution in [3.05, 3.63) is 17.8 Å². The monoisotopic (exact) mass is 224 g/mol. The van der Waals surface area contributed by atoms with Gasteiger partial charge in [-0.05, 0) is 18.4 Å². The van der Waals surface area contributed by atoms with Crippen molar-refractivity contribution >= 4 is 0 Å². The highest BCUT2D eigenvalue weighted by atomic mass is 16.5. The first-order valence-corrected chi connectivity index (χ1v) is 5.76. The molecule has 0 amide bonds. The topological polar surface area (TPSA) is 55.2 Å². The van der Waals surface area contributed by atoms with Crippen LogP contribution in [0.5, 0.6) is 5.88 Å². The Balaban J connectivity index is 2.61. The van der Waals surface area contributed by atoms with Gasteiger partial charge in [0.25, 0.3) is 0 Å². The number of aromatic nitrogens is 2. The molecule has 0 spiro atoms. The number of hydrogen-bond donors (Lipinski definition) is 1. The van der Waals surface area contributed by atoms with Gasteiger partial charge in [-0.25, -0.2) is 0 Å². The maximum atomic E-state index is 9.97. The van der Waals surface area contributed by atoms with E-state index in [2.05, 4.69) is 24.0 Å². The Morgan fingerprint density at radius 3 is 2.38 bits per heavy atom. The van der Waals surface area contributed by atoms with E-state index >= 15 is 0 Å². The Morgan fingerprint density at radius 1 is 1.25 bits per heavy atom. The molecule has 0 saturated heterocycles. The SMILES string of the molecule is CCC(CC)CC(O)c1ccc(OC)nn1. The molecule has 0 saturated carbocycles.